The van der Waals surface area contributed by atoms with E-state index in [0.717, 1.165) is 28.8 Å². The summed E-state index contributed by atoms with van der Waals surface area (Å²) in [5.74, 6) is 0.849. The van der Waals surface area contributed by atoms with Gasteiger partial charge < -0.3 is 0 Å². The fourth-order valence-corrected chi connectivity index (χ4v) is 3.80. The molecule has 0 bridgehead atoms. The summed E-state index contributed by atoms with van der Waals surface area (Å²) in [6.07, 6.45) is 4.70. The molecular formula is C13H18BrNO2S. The van der Waals surface area contributed by atoms with Gasteiger partial charge in [-0.2, -0.15) is 0 Å². The number of benzene rings is 1. The highest BCUT2D eigenvalue weighted by Gasteiger charge is 2.21. The van der Waals surface area contributed by atoms with Gasteiger partial charge in [-0.3, -0.25) is 0 Å². The minimum Gasteiger partial charge on any atom is -0.211 e. The third-order valence-corrected chi connectivity index (χ3v) is 5.31. The van der Waals surface area contributed by atoms with Crippen LogP contribution in [0.25, 0.3) is 0 Å². The van der Waals surface area contributed by atoms with Crippen LogP contribution in [0.1, 0.15) is 31.2 Å². The van der Waals surface area contributed by atoms with Crippen molar-refractivity contribution in [3.8, 4) is 0 Å². The zero-order valence-corrected chi connectivity index (χ0v) is 12.9. The summed E-state index contributed by atoms with van der Waals surface area (Å²) in [6.45, 7) is 2.34. The molecule has 0 saturated heterocycles. The van der Waals surface area contributed by atoms with Gasteiger partial charge in [-0.05, 0) is 43.4 Å². The molecule has 1 aliphatic carbocycles. The van der Waals surface area contributed by atoms with Gasteiger partial charge in [0.15, 0.2) is 0 Å². The van der Waals surface area contributed by atoms with E-state index in [-0.39, 0.29) is 0 Å². The third kappa shape index (κ3) is 3.80. The molecule has 0 amide bonds. The van der Waals surface area contributed by atoms with Gasteiger partial charge in [0.25, 0.3) is 0 Å². The lowest BCUT2D eigenvalue weighted by atomic mass is 10.2. The normalized spacial score (nSPS) is 15.9. The van der Waals surface area contributed by atoms with Crippen molar-refractivity contribution in [2.45, 2.75) is 37.5 Å². The van der Waals surface area contributed by atoms with Crippen LogP contribution in [0.15, 0.2) is 27.6 Å². The van der Waals surface area contributed by atoms with Gasteiger partial charge in [-0.15, -0.1) is 0 Å². The highest BCUT2D eigenvalue weighted by molar-refractivity contribution is 9.10. The van der Waals surface area contributed by atoms with Crippen molar-refractivity contribution in [1.82, 2.24) is 4.72 Å². The topological polar surface area (TPSA) is 46.2 Å². The maximum atomic E-state index is 12.1. The van der Waals surface area contributed by atoms with E-state index in [9.17, 15) is 8.42 Å². The maximum Gasteiger partial charge on any atom is 0.240 e. The average molecular weight is 332 g/mol. The minimum atomic E-state index is -3.37. The number of rotatable bonds is 6. The number of hydrogen-bond acceptors (Lipinski definition) is 2. The molecule has 2 rings (SSSR count). The molecule has 0 unspecified atom stereocenters. The Balaban J connectivity index is 1.97. The fraction of sp³-hybridized carbons (Fsp3) is 0.538. The van der Waals surface area contributed by atoms with Gasteiger partial charge in [0.05, 0.1) is 4.90 Å². The predicted octanol–water partition coefficient (Wildman–Crippen LogP) is 3.23. The van der Waals surface area contributed by atoms with Crippen LogP contribution < -0.4 is 4.72 Å². The summed E-state index contributed by atoms with van der Waals surface area (Å²) in [5.41, 5.74) is 0.771. The van der Waals surface area contributed by atoms with E-state index < -0.39 is 10.0 Å². The largest absolute Gasteiger partial charge is 0.240 e. The van der Waals surface area contributed by atoms with Crippen LogP contribution in [0.2, 0.25) is 0 Å². The molecular weight excluding hydrogens is 314 g/mol. The molecule has 1 aliphatic rings. The summed E-state index contributed by atoms with van der Waals surface area (Å²) in [7, 11) is -3.37. The summed E-state index contributed by atoms with van der Waals surface area (Å²) < 4.78 is 27.7. The molecule has 0 spiro atoms. The van der Waals surface area contributed by atoms with Crippen LogP contribution in [0.3, 0.4) is 0 Å². The van der Waals surface area contributed by atoms with E-state index in [0.29, 0.717) is 11.4 Å². The molecule has 0 aromatic heterocycles. The number of halogens is 1. The molecule has 0 radical (unpaired) electrons. The highest BCUT2D eigenvalue weighted by atomic mass is 79.9. The van der Waals surface area contributed by atoms with E-state index in [2.05, 4.69) is 20.7 Å². The van der Waals surface area contributed by atoms with Crippen LogP contribution >= 0.6 is 15.9 Å². The van der Waals surface area contributed by atoms with Gasteiger partial charge in [-0.1, -0.05) is 34.8 Å². The lowest BCUT2D eigenvalue weighted by Crippen LogP contribution is -2.25. The quantitative estimate of drug-likeness (QED) is 0.813. The first-order valence-corrected chi connectivity index (χ1v) is 8.52. The number of sulfonamides is 1. The summed E-state index contributed by atoms with van der Waals surface area (Å²) >= 11 is 3.31. The molecule has 3 nitrogen and oxygen atoms in total. The fourth-order valence-electron chi connectivity index (χ4n) is 1.94. The molecule has 0 aliphatic heterocycles. The molecule has 1 saturated carbocycles. The Morgan fingerprint density at radius 2 is 2.11 bits per heavy atom. The predicted molar refractivity (Wildman–Crippen MR) is 76.0 cm³/mol. The highest BCUT2D eigenvalue weighted by Crippen LogP contribution is 2.33. The van der Waals surface area contributed by atoms with Gasteiger partial charge >= 0.3 is 0 Å². The number of hydrogen-bond donors (Lipinski definition) is 1. The van der Waals surface area contributed by atoms with Gasteiger partial charge in [-0.25, -0.2) is 13.1 Å². The second kappa shape index (κ2) is 5.72. The Hall–Kier alpha value is -0.390. The lowest BCUT2D eigenvalue weighted by molar-refractivity contribution is 0.572. The first kappa shape index (κ1) is 14.0. The monoisotopic (exact) mass is 331 g/mol. The van der Waals surface area contributed by atoms with Gasteiger partial charge in [0.2, 0.25) is 10.0 Å². The lowest BCUT2D eigenvalue weighted by Gasteiger charge is -2.09. The SMILES string of the molecule is Cc1ccc(Br)cc1S(=O)(=O)NCCCC1CC1. The molecule has 1 fully saturated rings. The summed E-state index contributed by atoms with van der Waals surface area (Å²) in [6, 6.07) is 5.31. The first-order valence-electron chi connectivity index (χ1n) is 6.25. The molecule has 100 valence electrons. The summed E-state index contributed by atoms with van der Waals surface area (Å²) in [4.78, 5) is 0.364. The molecule has 18 heavy (non-hydrogen) atoms. The average Bonchev–Trinajstić information content (AvgIpc) is 3.12. The van der Waals surface area contributed by atoms with Crippen molar-refractivity contribution in [1.29, 1.82) is 0 Å². The first-order chi connectivity index (χ1) is 8.49. The molecule has 1 aromatic rings. The Kier molecular flexibility index (Phi) is 4.45. The second-order valence-corrected chi connectivity index (χ2v) is 7.54. The van der Waals surface area contributed by atoms with Crippen LogP contribution in [-0.4, -0.2) is 15.0 Å². The Labute approximate surface area is 117 Å². The molecule has 5 heteroatoms. The second-order valence-electron chi connectivity index (χ2n) is 4.89. The van der Waals surface area contributed by atoms with Crippen molar-refractivity contribution in [2.24, 2.45) is 5.92 Å². The molecule has 1 aromatic carbocycles. The van der Waals surface area contributed by atoms with Crippen molar-refractivity contribution in [2.75, 3.05) is 6.54 Å². The van der Waals surface area contributed by atoms with E-state index in [4.69, 9.17) is 0 Å². The van der Waals surface area contributed by atoms with E-state index in [1.54, 1.807) is 6.07 Å². The zero-order valence-electron chi connectivity index (χ0n) is 10.4. The van der Waals surface area contributed by atoms with Crippen LogP contribution in [0.4, 0.5) is 0 Å². The maximum absolute atomic E-state index is 12.1. The van der Waals surface area contributed by atoms with Crippen molar-refractivity contribution >= 4 is 26.0 Å². The van der Waals surface area contributed by atoms with Gasteiger partial charge in [0.1, 0.15) is 0 Å². The van der Waals surface area contributed by atoms with E-state index in [1.165, 1.54) is 12.8 Å². The Morgan fingerprint density at radius 3 is 2.78 bits per heavy atom. The van der Waals surface area contributed by atoms with Crippen LogP contribution in [0.5, 0.6) is 0 Å². The van der Waals surface area contributed by atoms with Crippen LogP contribution in [-0.2, 0) is 10.0 Å². The van der Waals surface area contributed by atoms with Crippen molar-refractivity contribution in [3.63, 3.8) is 0 Å². The molecule has 0 atom stereocenters. The van der Waals surface area contributed by atoms with E-state index in [1.807, 2.05) is 19.1 Å². The minimum absolute atomic E-state index is 0.364. The number of aryl methyl sites for hydroxylation is 1. The van der Waals surface area contributed by atoms with Crippen molar-refractivity contribution < 1.29 is 8.42 Å². The number of nitrogens with one attached hydrogen (secondary N) is 1. The van der Waals surface area contributed by atoms with E-state index >= 15 is 0 Å². The third-order valence-electron chi connectivity index (χ3n) is 3.22. The van der Waals surface area contributed by atoms with Crippen molar-refractivity contribution in [3.05, 3.63) is 28.2 Å². The zero-order chi connectivity index (χ0) is 13.2. The molecule has 0 heterocycles. The Bertz CT molecular complexity index is 524. The Morgan fingerprint density at radius 1 is 1.39 bits per heavy atom. The standard InChI is InChI=1S/C13H18BrNO2S/c1-10-4-7-12(14)9-13(10)18(16,17)15-8-2-3-11-5-6-11/h4,7,9,11,15H,2-3,5-6,8H2,1H3. The van der Waals surface area contributed by atoms with Gasteiger partial charge in [0, 0.05) is 11.0 Å². The smallest absolute Gasteiger partial charge is 0.211 e. The molecule has 1 N–H and O–H groups in total. The van der Waals surface area contributed by atoms with Crippen LogP contribution in [0, 0.1) is 12.8 Å². The summed E-state index contributed by atoms with van der Waals surface area (Å²) in [5, 5.41) is 0.